The van der Waals surface area contributed by atoms with Gasteiger partial charge in [0, 0.05) is 38.3 Å². The Morgan fingerprint density at radius 1 is 0.906 bits per heavy atom. The molecule has 0 radical (unpaired) electrons. The molecule has 0 saturated carbocycles. The van der Waals surface area contributed by atoms with Gasteiger partial charge in [-0.2, -0.15) is 0 Å². The van der Waals surface area contributed by atoms with E-state index in [0.717, 1.165) is 44.0 Å². The van der Waals surface area contributed by atoms with E-state index < -0.39 is 5.92 Å². The number of nitrogens with zero attached hydrogens (tertiary/aromatic N) is 2. The summed E-state index contributed by atoms with van der Waals surface area (Å²) >= 11 is 0. The number of hydrogen-bond donors (Lipinski definition) is 0. The standard InChI is InChI=1S/C27H38N2O3/c1-21(2)29(22(3)4)20-25(19-28-15-17-31-18-16-28)32-27(30)26(23-11-7-5-8-12-23)24-13-9-6-10-14-24/h5-14,21-22,25-26H,15-20H2,1-4H3. The molecule has 32 heavy (non-hydrogen) atoms. The van der Waals surface area contributed by atoms with Gasteiger partial charge < -0.3 is 9.47 Å². The molecule has 0 amide bonds. The van der Waals surface area contributed by atoms with E-state index >= 15 is 0 Å². The van der Waals surface area contributed by atoms with Crippen molar-refractivity contribution < 1.29 is 14.3 Å². The van der Waals surface area contributed by atoms with Crippen molar-refractivity contribution in [2.75, 3.05) is 39.4 Å². The van der Waals surface area contributed by atoms with E-state index in [9.17, 15) is 4.79 Å². The second kappa shape index (κ2) is 12.1. The van der Waals surface area contributed by atoms with Gasteiger partial charge >= 0.3 is 5.97 Å². The summed E-state index contributed by atoms with van der Waals surface area (Å²) in [7, 11) is 0. The van der Waals surface area contributed by atoms with Crippen LogP contribution in [0.3, 0.4) is 0 Å². The van der Waals surface area contributed by atoms with Crippen molar-refractivity contribution in [1.82, 2.24) is 9.80 Å². The smallest absolute Gasteiger partial charge is 0.318 e. The lowest BCUT2D eigenvalue weighted by Gasteiger charge is -2.37. The molecule has 1 aliphatic heterocycles. The summed E-state index contributed by atoms with van der Waals surface area (Å²) < 4.78 is 11.8. The maximum absolute atomic E-state index is 13.6. The molecule has 3 rings (SSSR count). The number of esters is 1. The summed E-state index contributed by atoms with van der Waals surface area (Å²) in [5, 5.41) is 0. The third kappa shape index (κ3) is 6.89. The van der Waals surface area contributed by atoms with Gasteiger partial charge in [-0.25, -0.2) is 0 Å². The minimum absolute atomic E-state index is 0.187. The van der Waals surface area contributed by atoms with E-state index in [2.05, 4.69) is 37.5 Å². The Morgan fingerprint density at radius 3 is 1.88 bits per heavy atom. The van der Waals surface area contributed by atoms with Gasteiger partial charge in [0.1, 0.15) is 12.0 Å². The Labute approximate surface area is 193 Å². The number of carbonyl (C=O) groups is 1. The zero-order valence-electron chi connectivity index (χ0n) is 19.9. The summed E-state index contributed by atoms with van der Waals surface area (Å²) in [5.74, 6) is -0.621. The fourth-order valence-corrected chi connectivity index (χ4v) is 4.44. The summed E-state index contributed by atoms with van der Waals surface area (Å²) in [6.07, 6.45) is -0.208. The molecule has 0 spiro atoms. The Morgan fingerprint density at radius 2 is 1.41 bits per heavy atom. The molecule has 0 aliphatic carbocycles. The molecule has 1 aliphatic rings. The average Bonchev–Trinajstić information content (AvgIpc) is 2.79. The number of morpholine rings is 1. The van der Waals surface area contributed by atoms with E-state index in [4.69, 9.17) is 9.47 Å². The van der Waals surface area contributed by atoms with Crippen LogP contribution >= 0.6 is 0 Å². The van der Waals surface area contributed by atoms with Crippen molar-refractivity contribution >= 4 is 5.97 Å². The number of benzene rings is 2. The predicted octanol–water partition coefficient (Wildman–Crippen LogP) is 4.18. The molecule has 1 unspecified atom stereocenters. The molecule has 5 nitrogen and oxygen atoms in total. The van der Waals surface area contributed by atoms with E-state index in [1.165, 1.54) is 0 Å². The topological polar surface area (TPSA) is 42.0 Å². The van der Waals surface area contributed by atoms with Gasteiger partial charge in [-0.15, -0.1) is 0 Å². The Kier molecular flexibility index (Phi) is 9.27. The van der Waals surface area contributed by atoms with Crippen molar-refractivity contribution in [3.63, 3.8) is 0 Å². The predicted molar refractivity (Wildman–Crippen MR) is 129 cm³/mol. The van der Waals surface area contributed by atoms with Crippen LogP contribution < -0.4 is 0 Å². The highest BCUT2D eigenvalue weighted by Gasteiger charge is 2.30. The molecular formula is C27H38N2O3. The van der Waals surface area contributed by atoms with Crippen LogP contribution in [0.4, 0.5) is 0 Å². The number of hydrogen-bond acceptors (Lipinski definition) is 5. The quantitative estimate of drug-likeness (QED) is 0.521. The maximum Gasteiger partial charge on any atom is 0.318 e. The largest absolute Gasteiger partial charge is 0.459 e. The summed E-state index contributed by atoms with van der Waals surface area (Å²) in [6, 6.07) is 20.6. The van der Waals surface area contributed by atoms with Crippen LogP contribution in [0.15, 0.2) is 60.7 Å². The second-order valence-electron chi connectivity index (χ2n) is 9.11. The van der Waals surface area contributed by atoms with Gasteiger partial charge in [0.15, 0.2) is 0 Å². The van der Waals surface area contributed by atoms with Crippen molar-refractivity contribution in [3.05, 3.63) is 71.8 Å². The van der Waals surface area contributed by atoms with Crippen molar-refractivity contribution in [2.24, 2.45) is 0 Å². The first-order valence-electron chi connectivity index (χ1n) is 11.8. The first kappa shape index (κ1) is 24.4. The number of rotatable bonds is 10. The molecular weight excluding hydrogens is 400 g/mol. The van der Waals surface area contributed by atoms with Crippen molar-refractivity contribution in [2.45, 2.75) is 51.8 Å². The van der Waals surface area contributed by atoms with Crippen LogP contribution in [-0.4, -0.2) is 73.3 Å². The summed E-state index contributed by atoms with van der Waals surface area (Å²) in [6.45, 7) is 13.4. The molecule has 2 aromatic rings. The summed E-state index contributed by atoms with van der Waals surface area (Å²) in [5.41, 5.74) is 1.91. The lowest BCUT2D eigenvalue weighted by molar-refractivity contribution is -0.153. The summed E-state index contributed by atoms with van der Waals surface area (Å²) in [4.78, 5) is 18.4. The van der Waals surface area contributed by atoms with E-state index in [0.29, 0.717) is 18.6 Å². The highest BCUT2D eigenvalue weighted by Crippen LogP contribution is 2.27. The molecule has 0 aromatic heterocycles. The van der Waals surface area contributed by atoms with Crippen molar-refractivity contribution in [1.29, 1.82) is 0 Å². The molecule has 0 bridgehead atoms. The Hall–Kier alpha value is -2.21. The fourth-order valence-electron chi connectivity index (χ4n) is 4.44. The SMILES string of the molecule is CC(C)N(CC(CN1CCOCC1)OC(=O)C(c1ccccc1)c1ccccc1)C(C)C. The van der Waals surface area contributed by atoms with Gasteiger partial charge in [0.25, 0.3) is 0 Å². The Bertz CT molecular complexity index is 757. The number of carbonyl (C=O) groups excluding carboxylic acids is 1. The van der Waals surface area contributed by atoms with Crippen LogP contribution in [0.2, 0.25) is 0 Å². The van der Waals surface area contributed by atoms with Crippen LogP contribution in [0, 0.1) is 0 Å². The second-order valence-corrected chi connectivity index (χ2v) is 9.11. The molecule has 5 heteroatoms. The highest BCUT2D eigenvalue weighted by molar-refractivity contribution is 5.82. The zero-order chi connectivity index (χ0) is 22.9. The molecule has 2 aromatic carbocycles. The zero-order valence-corrected chi connectivity index (χ0v) is 19.9. The lowest BCUT2D eigenvalue weighted by Crippen LogP contribution is -2.49. The van der Waals surface area contributed by atoms with Crippen LogP contribution in [0.5, 0.6) is 0 Å². The molecule has 1 fully saturated rings. The minimum Gasteiger partial charge on any atom is -0.459 e. The molecule has 1 atom stereocenters. The first-order chi connectivity index (χ1) is 15.5. The van der Waals surface area contributed by atoms with Gasteiger partial charge in [0.05, 0.1) is 13.2 Å². The Balaban J connectivity index is 1.83. The van der Waals surface area contributed by atoms with Crippen LogP contribution in [0.25, 0.3) is 0 Å². The van der Waals surface area contributed by atoms with E-state index in [-0.39, 0.29) is 12.1 Å². The van der Waals surface area contributed by atoms with Crippen LogP contribution in [0.1, 0.15) is 44.7 Å². The third-order valence-corrected chi connectivity index (χ3v) is 6.09. The van der Waals surface area contributed by atoms with Gasteiger partial charge in [-0.1, -0.05) is 60.7 Å². The van der Waals surface area contributed by atoms with E-state index in [1.807, 2.05) is 60.7 Å². The van der Waals surface area contributed by atoms with E-state index in [1.54, 1.807) is 0 Å². The molecule has 174 valence electrons. The lowest BCUT2D eigenvalue weighted by atomic mass is 9.91. The van der Waals surface area contributed by atoms with Gasteiger partial charge in [-0.3, -0.25) is 14.6 Å². The molecule has 1 heterocycles. The van der Waals surface area contributed by atoms with Crippen molar-refractivity contribution in [3.8, 4) is 0 Å². The molecule has 0 N–H and O–H groups in total. The monoisotopic (exact) mass is 438 g/mol. The minimum atomic E-state index is -0.434. The maximum atomic E-state index is 13.6. The van der Waals surface area contributed by atoms with Crippen LogP contribution in [-0.2, 0) is 14.3 Å². The molecule has 1 saturated heterocycles. The first-order valence-corrected chi connectivity index (χ1v) is 11.8. The fraction of sp³-hybridized carbons (Fsp3) is 0.519. The third-order valence-electron chi connectivity index (χ3n) is 6.09. The number of ether oxygens (including phenoxy) is 2. The average molecular weight is 439 g/mol. The highest BCUT2D eigenvalue weighted by atomic mass is 16.5. The van der Waals surface area contributed by atoms with Gasteiger partial charge in [-0.05, 0) is 38.8 Å². The van der Waals surface area contributed by atoms with Gasteiger partial charge in [0.2, 0.25) is 0 Å². The normalized spacial score (nSPS) is 16.1.